The normalized spacial score (nSPS) is 25.6. The molecule has 4 nitrogen and oxygen atoms in total. The first kappa shape index (κ1) is 15.2. The average Bonchev–Trinajstić information content (AvgIpc) is 2.92. The van der Waals surface area contributed by atoms with Crippen LogP contribution >= 0.6 is 28.1 Å². The van der Waals surface area contributed by atoms with Gasteiger partial charge in [0.05, 0.1) is 12.7 Å². The van der Waals surface area contributed by atoms with Gasteiger partial charge in [-0.15, -0.1) is 0 Å². The lowest BCUT2D eigenvalue weighted by molar-refractivity contribution is -0.0415. The predicted octanol–water partition coefficient (Wildman–Crippen LogP) is 2.36. The molecule has 2 unspecified atom stereocenters. The minimum Gasteiger partial charge on any atom is -0.389 e. The number of halogens is 1. The smallest absolute Gasteiger partial charge is 0.106 e. The molecule has 21 heavy (non-hydrogen) atoms. The minimum atomic E-state index is 0.220. The monoisotopic (exact) mass is 369 g/mol. The Morgan fingerprint density at radius 3 is 3.19 bits per heavy atom. The van der Waals surface area contributed by atoms with Crippen molar-refractivity contribution < 1.29 is 4.74 Å². The van der Waals surface area contributed by atoms with Gasteiger partial charge in [-0.25, -0.2) is 0 Å². The van der Waals surface area contributed by atoms with Crippen molar-refractivity contribution in [3.05, 3.63) is 28.2 Å². The first-order valence-corrected chi connectivity index (χ1v) is 8.52. The van der Waals surface area contributed by atoms with Gasteiger partial charge >= 0.3 is 0 Å². The van der Waals surface area contributed by atoms with E-state index in [-0.39, 0.29) is 6.10 Å². The number of benzene rings is 1. The maximum absolute atomic E-state index is 5.96. The molecule has 1 aromatic carbocycles. The summed E-state index contributed by atoms with van der Waals surface area (Å²) in [4.78, 5) is 2.96. The van der Waals surface area contributed by atoms with Crippen molar-refractivity contribution in [2.75, 3.05) is 31.6 Å². The lowest BCUT2D eigenvalue weighted by Gasteiger charge is -2.35. The fourth-order valence-corrected chi connectivity index (χ4v) is 3.65. The Balaban J connectivity index is 1.62. The highest BCUT2D eigenvalue weighted by atomic mass is 79.9. The fourth-order valence-electron chi connectivity index (χ4n) is 3.11. The van der Waals surface area contributed by atoms with Crippen molar-refractivity contribution >= 4 is 38.8 Å². The zero-order chi connectivity index (χ0) is 14.8. The summed E-state index contributed by atoms with van der Waals surface area (Å²) in [5, 5.41) is 3.44. The molecule has 0 aliphatic carbocycles. The molecule has 0 saturated carbocycles. The number of hydrogen-bond donors (Lipinski definition) is 2. The van der Waals surface area contributed by atoms with Gasteiger partial charge in [0.25, 0.3) is 0 Å². The van der Waals surface area contributed by atoms with E-state index in [1.807, 2.05) is 18.2 Å². The third-order valence-electron chi connectivity index (χ3n) is 4.23. The summed E-state index contributed by atoms with van der Waals surface area (Å²) in [5.41, 5.74) is 7.62. The fraction of sp³-hybridized carbons (Fsp3) is 0.533. The zero-order valence-corrected chi connectivity index (χ0v) is 14.3. The molecule has 3 N–H and O–H groups in total. The van der Waals surface area contributed by atoms with Crippen molar-refractivity contribution in [2.45, 2.75) is 25.0 Å². The van der Waals surface area contributed by atoms with E-state index in [1.165, 1.54) is 19.4 Å². The highest BCUT2D eigenvalue weighted by Gasteiger charge is 2.32. The number of nitrogens with two attached hydrogens (primary N) is 1. The first-order chi connectivity index (χ1) is 10.1. The van der Waals surface area contributed by atoms with Crippen LogP contribution in [0.3, 0.4) is 0 Å². The van der Waals surface area contributed by atoms with E-state index in [1.54, 1.807) is 0 Å². The maximum Gasteiger partial charge on any atom is 0.106 e. The average molecular weight is 370 g/mol. The lowest BCUT2D eigenvalue weighted by atomic mass is 10.1. The standard InChI is InChI=1S/C15H20BrN3OS/c16-10-3-4-13(15(17)21)14(6-10)18-7-12-8-19-5-1-2-11(19)9-20-12/h3-4,6,11-12,18H,1-2,5,7-9H2,(H2,17,21). The number of thiocarbonyl (C=S) groups is 1. The molecule has 1 aromatic rings. The summed E-state index contributed by atoms with van der Waals surface area (Å²) in [7, 11) is 0. The van der Waals surface area contributed by atoms with Crippen LogP contribution in [0.5, 0.6) is 0 Å². The Bertz CT molecular complexity index is 540. The van der Waals surface area contributed by atoms with Gasteiger partial charge in [-0.1, -0.05) is 28.1 Å². The molecule has 114 valence electrons. The molecule has 0 aromatic heterocycles. The molecule has 2 aliphatic rings. The van der Waals surface area contributed by atoms with E-state index >= 15 is 0 Å². The van der Waals surface area contributed by atoms with Gasteiger partial charge in [-0.2, -0.15) is 0 Å². The third kappa shape index (κ3) is 3.56. The molecular formula is C15H20BrN3OS. The lowest BCUT2D eigenvalue weighted by Crippen LogP contribution is -2.48. The molecule has 0 amide bonds. The summed E-state index contributed by atoms with van der Waals surface area (Å²) in [6, 6.07) is 6.54. The van der Waals surface area contributed by atoms with Crippen LogP contribution in [0.4, 0.5) is 5.69 Å². The van der Waals surface area contributed by atoms with Gasteiger partial charge in [0.15, 0.2) is 0 Å². The van der Waals surface area contributed by atoms with Crippen LogP contribution < -0.4 is 11.1 Å². The van der Waals surface area contributed by atoms with E-state index in [2.05, 4.69) is 26.1 Å². The van der Waals surface area contributed by atoms with Crippen molar-refractivity contribution in [3.8, 4) is 0 Å². The highest BCUT2D eigenvalue weighted by Crippen LogP contribution is 2.24. The van der Waals surface area contributed by atoms with Crippen molar-refractivity contribution in [2.24, 2.45) is 5.73 Å². The largest absolute Gasteiger partial charge is 0.389 e. The number of hydrogen-bond acceptors (Lipinski definition) is 4. The second-order valence-corrected chi connectivity index (χ2v) is 7.04. The Morgan fingerprint density at radius 1 is 1.52 bits per heavy atom. The van der Waals surface area contributed by atoms with Gasteiger partial charge in [0.1, 0.15) is 4.99 Å². The number of anilines is 1. The van der Waals surface area contributed by atoms with E-state index in [4.69, 9.17) is 22.7 Å². The molecule has 6 heteroatoms. The topological polar surface area (TPSA) is 50.5 Å². The van der Waals surface area contributed by atoms with E-state index in [0.29, 0.717) is 11.0 Å². The predicted molar refractivity (Wildman–Crippen MR) is 92.9 cm³/mol. The van der Waals surface area contributed by atoms with E-state index < -0.39 is 0 Å². The molecule has 2 fully saturated rings. The summed E-state index contributed by atoms with van der Waals surface area (Å²) in [6.45, 7) is 3.84. The molecular weight excluding hydrogens is 350 g/mol. The van der Waals surface area contributed by atoms with Crippen LogP contribution in [0.1, 0.15) is 18.4 Å². The Morgan fingerprint density at radius 2 is 2.38 bits per heavy atom. The van der Waals surface area contributed by atoms with Crippen LogP contribution in [-0.2, 0) is 4.74 Å². The van der Waals surface area contributed by atoms with Crippen LogP contribution in [0.2, 0.25) is 0 Å². The minimum absolute atomic E-state index is 0.220. The second kappa shape index (κ2) is 6.60. The number of nitrogens with zero attached hydrogens (tertiary/aromatic N) is 1. The van der Waals surface area contributed by atoms with Gasteiger partial charge in [0, 0.05) is 34.9 Å². The Hall–Kier alpha value is -0.690. The Kier molecular flexibility index (Phi) is 4.78. The van der Waals surface area contributed by atoms with Crippen LogP contribution in [-0.4, -0.2) is 48.3 Å². The summed E-state index contributed by atoms with van der Waals surface area (Å²) >= 11 is 8.59. The summed E-state index contributed by atoms with van der Waals surface area (Å²) in [5.74, 6) is 0. The third-order valence-corrected chi connectivity index (χ3v) is 4.94. The summed E-state index contributed by atoms with van der Waals surface area (Å²) in [6.07, 6.45) is 2.79. The van der Waals surface area contributed by atoms with Crippen molar-refractivity contribution in [1.82, 2.24) is 4.90 Å². The van der Waals surface area contributed by atoms with Crippen molar-refractivity contribution in [1.29, 1.82) is 0 Å². The zero-order valence-electron chi connectivity index (χ0n) is 11.8. The molecule has 0 radical (unpaired) electrons. The van der Waals surface area contributed by atoms with Gasteiger partial charge < -0.3 is 15.8 Å². The number of ether oxygens (including phenoxy) is 1. The molecule has 2 heterocycles. The molecule has 2 atom stereocenters. The number of morpholine rings is 1. The SMILES string of the molecule is NC(=S)c1ccc(Br)cc1NCC1CN2CCCC2CO1. The maximum atomic E-state index is 5.96. The molecule has 2 aliphatic heterocycles. The Labute approximate surface area is 139 Å². The van der Waals surface area contributed by atoms with Gasteiger partial charge in [-0.05, 0) is 37.6 Å². The van der Waals surface area contributed by atoms with E-state index in [9.17, 15) is 0 Å². The molecule has 0 spiro atoms. The van der Waals surface area contributed by atoms with Crippen LogP contribution in [0.15, 0.2) is 22.7 Å². The quantitative estimate of drug-likeness (QED) is 0.797. The van der Waals surface area contributed by atoms with Gasteiger partial charge in [-0.3, -0.25) is 4.90 Å². The molecule has 0 bridgehead atoms. The second-order valence-electron chi connectivity index (χ2n) is 5.68. The van der Waals surface area contributed by atoms with Crippen molar-refractivity contribution in [3.63, 3.8) is 0 Å². The number of rotatable bonds is 4. The highest BCUT2D eigenvalue weighted by molar-refractivity contribution is 9.10. The number of nitrogens with one attached hydrogen (secondary N) is 1. The van der Waals surface area contributed by atoms with Crippen LogP contribution in [0.25, 0.3) is 0 Å². The number of fused-ring (bicyclic) bond motifs is 1. The molecule has 2 saturated heterocycles. The van der Waals surface area contributed by atoms with E-state index in [0.717, 1.165) is 35.4 Å². The van der Waals surface area contributed by atoms with Crippen LogP contribution in [0, 0.1) is 0 Å². The first-order valence-electron chi connectivity index (χ1n) is 7.32. The molecule has 3 rings (SSSR count). The summed E-state index contributed by atoms with van der Waals surface area (Å²) < 4.78 is 6.97. The van der Waals surface area contributed by atoms with Gasteiger partial charge in [0.2, 0.25) is 0 Å².